The van der Waals surface area contributed by atoms with Crippen LogP contribution in [0, 0.1) is 0 Å². The maximum atomic E-state index is 13.7. The Balaban J connectivity index is 3.47. The highest BCUT2D eigenvalue weighted by Gasteiger charge is 2.83. The van der Waals surface area contributed by atoms with E-state index in [1.807, 2.05) is 0 Å². The zero-order valence-corrected chi connectivity index (χ0v) is 12.6. The van der Waals surface area contributed by atoms with E-state index in [9.17, 15) is 49.1 Å². The molecule has 0 bridgehead atoms. The van der Waals surface area contributed by atoms with Gasteiger partial charge in [-0.2, -0.15) is 39.5 Å². The molecule has 0 N–H and O–H groups in total. The van der Waals surface area contributed by atoms with E-state index in [2.05, 4.69) is 4.74 Å². The summed E-state index contributed by atoms with van der Waals surface area (Å²) < 4.78 is 120. The third-order valence-electron chi connectivity index (χ3n) is 3.10. The molecule has 0 aliphatic rings. The maximum Gasteiger partial charge on any atom is 0.460 e. The first-order valence-electron chi connectivity index (χ1n) is 6.64. The summed E-state index contributed by atoms with van der Waals surface area (Å²) in [5, 5.41) is 0. The minimum absolute atomic E-state index is 0.319. The Morgan fingerprint density at radius 2 is 1.31 bits per heavy atom. The molecule has 0 spiro atoms. The van der Waals surface area contributed by atoms with Crippen LogP contribution in [0.5, 0.6) is 0 Å². The summed E-state index contributed by atoms with van der Waals surface area (Å²) in [4.78, 5) is 23.2. The molecule has 0 aliphatic heterocycles. The molecule has 0 aliphatic carbocycles. The lowest BCUT2D eigenvalue weighted by Gasteiger charge is -2.32. The van der Waals surface area contributed by atoms with Crippen LogP contribution in [-0.2, 0) is 4.74 Å². The largest absolute Gasteiger partial charge is 0.462 e. The molecule has 0 saturated carbocycles. The fourth-order valence-corrected chi connectivity index (χ4v) is 1.75. The van der Waals surface area contributed by atoms with E-state index in [0.717, 1.165) is 12.1 Å². The van der Waals surface area contributed by atoms with E-state index in [-0.39, 0.29) is 6.61 Å². The normalized spacial score (nSPS) is 13.5. The number of halogens is 9. The van der Waals surface area contributed by atoms with Crippen molar-refractivity contribution in [2.24, 2.45) is 0 Å². The topological polar surface area (TPSA) is 43.4 Å². The molecular weight excluding hydrogens is 387 g/mol. The molecule has 0 radical (unpaired) electrons. The molecule has 26 heavy (non-hydrogen) atoms. The molecule has 0 fully saturated rings. The number of alkyl halides is 9. The first-order valence-corrected chi connectivity index (χ1v) is 6.64. The van der Waals surface area contributed by atoms with Crippen molar-refractivity contribution < 1.29 is 53.8 Å². The van der Waals surface area contributed by atoms with Crippen LogP contribution in [0.1, 0.15) is 27.6 Å². The number of carbonyl (C=O) groups excluding carboxylic acids is 2. The van der Waals surface area contributed by atoms with Gasteiger partial charge in [0.05, 0.1) is 12.2 Å². The minimum atomic E-state index is -7.21. The summed E-state index contributed by atoms with van der Waals surface area (Å²) in [5.41, 5.74) is -2.49. The lowest BCUT2D eigenvalue weighted by atomic mass is 9.93. The molecule has 3 nitrogen and oxygen atoms in total. The monoisotopic (exact) mass is 396 g/mol. The fraction of sp³-hybridized carbons (Fsp3) is 0.429. The molecule has 1 aromatic carbocycles. The van der Waals surface area contributed by atoms with Gasteiger partial charge in [-0.1, -0.05) is 18.2 Å². The number of hydrogen-bond donors (Lipinski definition) is 0. The summed E-state index contributed by atoms with van der Waals surface area (Å²) in [7, 11) is 0. The maximum absolute atomic E-state index is 13.7. The van der Waals surface area contributed by atoms with Gasteiger partial charge in [-0.05, 0) is 13.0 Å². The van der Waals surface area contributed by atoms with Crippen LogP contribution < -0.4 is 0 Å². The highest BCUT2D eigenvalue weighted by atomic mass is 19.4. The van der Waals surface area contributed by atoms with Crippen molar-refractivity contribution >= 4 is 11.8 Å². The standard InChI is InChI=1S/C14H9F9O3/c1-2-26-10(25)8-6-4-3-5-7(8)9(24)11(15,16)12(17,18)13(19,20)14(21,22)23/h3-6H,2H2,1H3. The van der Waals surface area contributed by atoms with Gasteiger partial charge in [0.1, 0.15) is 0 Å². The fourth-order valence-electron chi connectivity index (χ4n) is 1.75. The number of ketones is 1. The Morgan fingerprint density at radius 1 is 0.846 bits per heavy atom. The van der Waals surface area contributed by atoms with E-state index in [1.54, 1.807) is 0 Å². The van der Waals surface area contributed by atoms with E-state index >= 15 is 0 Å². The third kappa shape index (κ3) is 3.36. The zero-order valence-electron chi connectivity index (χ0n) is 12.6. The Bertz CT molecular complexity index is 695. The SMILES string of the molecule is CCOC(=O)c1ccccc1C(=O)C(F)(F)C(F)(F)C(F)(F)C(F)(F)F. The smallest absolute Gasteiger partial charge is 0.460 e. The first-order chi connectivity index (χ1) is 11.6. The molecule has 0 unspecified atom stereocenters. The van der Waals surface area contributed by atoms with Gasteiger partial charge in [-0.3, -0.25) is 4.79 Å². The van der Waals surface area contributed by atoms with Crippen molar-refractivity contribution in [1.29, 1.82) is 0 Å². The Kier molecular flexibility index (Phi) is 5.69. The van der Waals surface area contributed by atoms with Crippen LogP contribution in [0.15, 0.2) is 24.3 Å². The number of hydrogen-bond acceptors (Lipinski definition) is 3. The summed E-state index contributed by atoms with van der Waals surface area (Å²) in [5.74, 6) is -25.3. The van der Waals surface area contributed by atoms with Gasteiger partial charge < -0.3 is 4.74 Å². The summed E-state index contributed by atoms with van der Waals surface area (Å²) >= 11 is 0. The number of esters is 1. The average molecular weight is 396 g/mol. The third-order valence-corrected chi connectivity index (χ3v) is 3.10. The van der Waals surface area contributed by atoms with Crippen LogP contribution in [0.2, 0.25) is 0 Å². The Morgan fingerprint density at radius 3 is 1.73 bits per heavy atom. The number of carbonyl (C=O) groups is 2. The van der Waals surface area contributed by atoms with Gasteiger partial charge in [0.25, 0.3) is 0 Å². The van der Waals surface area contributed by atoms with Crippen LogP contribution >= 0.6 is 0 Å². The van der Waals surface area contributed by atoms with Crippen molar-refractivity contribution in [3.05, 3.63) is 35.4 Å². The van der Waals surface area contributed by atoms with Crippen LogP contribution in [0.4, 0.5) is 39.5 Å². The molecule has 0 atom stereocenters. The van der Waals surface area contributed by atoms with Gasteiger partial charge >= 0.3 is 29.9 Å². The summed E-state index contributed by atoms with van der Waals surface area (Å²) in [6, 6.07) is 2.89. The van der Waals surface area contributed by atoms with E-state index in [4.69, 9.17) is 0 Å². The van der Waals surface area contributed by atoms with Gasteiger partial charge in [0.2, 0.25) is 5.78 Å². The molecule has 146 valence electrons. The van der Waals surface area contributed by atoms with Crippen molar-refractivity contribution in [1.82, 2.24) is 0 Å². The van der Waals surface area contributed by atoms with Crippen LogP contribution in [0.25, 0.3) is 0 Å². The van der Waals surface area contributed by atoms with Crippen molar-refractivity contribution in [3.8, 4) is 0 Å². The molecular formula is C14H9F9O3. The average Bonchev–Trinajstić information content (AvgIpc) is 2.52. The quantitative estimate of drug-likeness (QED) is 0.404. The second-order valence-corrected chi connectivity index (χ2v) is 4.82. The van der Waals surface area contributed by atoms with Crippen molar-refractivity contribution in [3.63, 3.8) is 0 Å². The predicted molar refractivity (Wildman–Crippen MR) is 67.6 cm³/mol. The molecule has 12 heteroatoms. The molecule has 1 rings (SSSR count). The Labute approximate surface area is 139 Å². The minimum Gasteiger partial charge on any atom is -0.462 e. The molecule has 0 amide bonds. The number of Topliss-reactive ketones (excluding diaryl/α,β-unsaturated/α-hetero) is 1. The first kappa shape index (κ1) is 21.8. The molecule has 1 aromatic rings. The van der Waals surface area contributed by atoms with Gasteiger partial charge in [-0.15, -0.1) is 0 Å². The lowest BCUT2D eigenvalue weighted by Crippen LogP contribution is -2.63. The Hall–Kier alpha value is -2.27. The van der Waals surface area contributed by atoms with Crippen LogP contribution in [-0.4, -0.2) is 42.3 Å². The van der Waals surface area contributed by atoms with E-state index < -0.39 is 46.8 Å². The van der Waals surface area contributed by atoms with Crippen molar-refractivity contribution in [2.45, 2.75) is 30.9 Å². The number of benzene rings is 1. The molecule has 0 aromatic heterocycles. The highest BCUT2D eigenvalue weighted by molar-refractivity contribution is 6.09. The lowest BCUT2D eigenvalue weighted by molar-refractivity contribution is -0.386. The van der Waals surface area contributed by atoms with Crippen molar-refractivity contribution in [2.75, 3.05) is 6.61 Å². The number of ether oxygens (including phenoxy) is 1. The van der Waals surface area contributed by atoms with Gasteiger partial charge in [0, 0.05) is 5.56 Å². The summed E-state index contributed by atoms with van der Waals surface area (Å²) in [6.07, 6.45) is -7.05. The van der Waals surface area contributed by atoms with Crippen LogP contribution in [0.3, 0.4) is 0 Å². The summed E-state index contributed by atoms with van der Waals surface area (Å²) in [6.45, 7) is 0.953. The van der Waals surface area contributed by atoms with Gasteiger partial charge in [-0.25, -0.2) is 4.79 Å². The van der Waals surface area contributed by atoms with Gasteiger partial charge in [0.15, 0.2) is 0 Å². The van der Waals surface area contributed by atoms with E-state index in [1.165, 1.54) is 6.92 Å². The number of rotatable bonds is 6. The molecule has 0 heterocycles. The highest BCUT2D eigenvalue weighted by Crippen LogP contribution is 2.53. The van der Waals surface area contributed by atoms with E-state index in [0.29, 0.717) is 12.1 Å². The zero-order chi connectivity index (χ0) is 20.6. The second kappa shape index (κ2) is 6.80. The molecule has 0 saturated heterocycles. The predicted octanol–water partition coefficient (Wildman–Crippen LogP) is 4.51. The second-order valence-electron chi connectivity index (χ2n) is 4.82.